The molecule has 4 N–H and O–H groups in total. The Morgan fingerprint density at radius 3 is 2.96 bits per heavy atom. The smallest absolute Gasteiger partial charge is 0.317 e. The van der Waals surface area contributed by atoms with E-state index in [4.69, 9.17) is 0 Å². The number of amides is 2. The minimum absolute atomic E-state index is 0.0918. The van der Waals surface area contributed by atoms with Gasteiger partial charge in [-0.1, -0.05) is 12.1 Å². The number of carbonyl (C=O) groups is 1. The molecule has 0 aliphatic rings. The number of nitrogens with one attached hydrogen (secondary N) is 2. The minimum Gasteiger partial charge on any atom is -0.508 e. The van der Waals surface area contributed by atoms with Gasteiger partial charge in [0.1, 0.15) is 5.75 Å². The van der Waals surface area contributed by atoms with Gasteiger partial charge in [0, 0.05) is 19.3 Å². The standard InChI is InChI=1S/C16H22N4O3/c1-2-20(11-15(22)13-4-3-5-14(21)8-13)16(23)17-7-6-12-9-18-19-10-12/h3-5,8-10,15,21-22H,2,6-7,11H2,1H3,(H,17,23)(H,18,19)/t15-/m0/s1. The summed E-state index contributed by atoms with van der Waals surface area (Å²) in [4.78, 5) is 13.7. The normalized spacial score (nSPS) is 11.9. The molecule has 1 aromatic heterocycles. The van der Waals surface area contributed by atoms with Crippen LogP contribution >= 0.6 is 0 Å². The average Bonchev–Trinajstić information content (AvgIpc) is 3.05. The van der Waals surface area contributed by atoms with Gasteiger partial charge in [-0.05, 0) is 36.6 Å². The molecule has 23 heavy (non-hydrogen) atoms. The largest absolute Gasteiger partial charge is 0.508 e. The van der Waals surface area contributed by atoms with Crippen molar-refractivity contribution < 1.29 is 15.0 Å². The Morgan fingerprint density at radius 2 is 2.30 bits per heavy atom. The lowest BCUT2D eigenvalue weighted by Crippen LogP contribution is -2.42. The fourth-order valence-electron chi connectivity index (χ4n) is 2.24. The third-order valence-electron chi connectivity index (χ3n) is 3.56. The monoisotopic (exact) mass is 318 g/mol. The van der Waals surface area contributed by atoms with Gasteiger partial charge in [0.25, 0.3) is 0 Å². The summed E-state index contributed by atoms with van der Waals surface area (Å²) < 4.78 is 0. The van der Waals surface area contributed by atoms with Gasteiger partial charge in [0.15, 0.2) is 0 Å². The first-order chi connectivity index (χ1) is 11.1. The lowest BCUT2D eigenvalue weighted by Gasteiger charge is -2.24. The number of phenolic OH excluding ortho intramolecular Hbond substituents is 1. The summed E-state index contributed by atoms with van der Waals surface area (Å²) >= 11 is 0. The molecule has 0 unspecified atom stereocenters. The van der Waals surface area contributed by atoms with Crippen molar-refractivity contribution in [2.45, 2.75) is 19.4 Å². The van der Waals surface area contributed by atoms with Crippen molar-refractivity contribution in [3.05, 3.63) is 47.8 Å². The number of aliphatic hydroxyl groups excluding tert-OH is 1. The van der Waals surface area contributed by atoms with Crippen molar-refractivity contribution in [2.24, 2.45) is 0 Å². The highest BCUT2D eigenvalue weighted by Gasteiger charge is 2.17. The van der Waals surface area contributed by atoms with Gasteiger partial charge in [0.05, 0.1) is 18.8 Å². The van der Waals surface area contributed by atoms with Crippen LogP contribution < -0.4 is 5.32 Å². The van der Waals surface area contributed by atoms with Crippen LogP contribution in [0.1, 0.15) is 24.2 Å². The molecule has 0 saturated carbocycles. The first-order valence-corrected chi connectivity index (χ1v) is 7.57. The number of carbonyl (C=O) groups excluding carboxylic acids is 1. The number of urea groups is 1. The van der Waals surface area contributed by atoms with Crippen LogP contribution in [0.3, 0.4) is 0 Å². The molecule has 1 heterocycles. The molecule has 7 heteroatoms. The molecular weight excluding hydrogens is 296 g/mol. The predicted octanol–water partition coefficient (Wildman–Crippen LogP) is 1.42. The zero-order chi connectivity index (χ0) is 16.7. The van der Waals surface area contributed by atoms with E-state index in [0.29, 0.717) is 25.1 Å². The number of nitrogens with zero attached hydrogens (tertiary/aromatic N) is 2. The van der Waals surface area contributed by atoms with E-state index in [2.05, 4.69) is 15.5 Å². The summed E-state index contributed by atoms with van der Waals surface area (Å²) in [5.74, 6) is 0.0918. The molecule has 2 rings (SSSR count). The maximum Gasteiger partial charge on any atom is 0.317 e. The lowest BCUT2D eigenvalue weighted by molar-refractivity contribution is 0.123. The molecule has 124 valence electrons. The van der Waals surface area contributed by atoms with Crippen molar-refractivity contribution in [1.82, 2.24) is 20.4 Å². The summed E-state index contributed by atoms with van der Waals surface area (Å²) in [6.07, 6.45) is 3.35. The van der Waals surface area contributed by atoms with Gasteiger partial charge in [-0.3, -0.25) is 5.10 Å². The molecule has 0 spiro atoms. The molecule has 0 radical (unpaired) electrons. The fraction of sp³-hybridized carbons (Fsp3) is 0.375. The van der Waals surface area contributed by atoms with E-state index >= 15 is 0 Å². The minimum atomic E-state index is -0.846. The Balaban J connectivity index is 1.84. The molecule has 0 fully saturated rings. The molecule has 7 nitrogen and oxygen atoms in total. The molecule has 1 atom stereocenters. The molecule has 2 aromatic rings. The highest BCUT2D eigenvalue weighted by molar-refractivity contribution is 5.74. The maximum atomic E-state index is 12.2. The average molecular weight is 318 g/mol. The van der Waals surface area contributed by atoms with Gasteiger partial charge < -0.3 is 20.4 Å². The van der Waals surface area contributed by atoms with Crippen LogP contribution in [0.15, 0.2) is 36.7 Å². The summed E-state index contributed by atoms with van der Waals surface area (Å²) in [6.45, 7) is 2.99. The van der Waals surface area contributed by atoms with Gasteiger partial charge in [-0.15, -0.1) is 0 Å². The van der Waals surface area contributed by atoms with E-state index in [0.717, 1.165) is 5.56 Å². The second-order valence-electron chi connectivity index (χ2n) is 5.24. The zero-order valence-electron chi connectivity index (χ0n) is 13.1. The summed E-state index contributed by atoms with van der Waals surface area (Å²) in [7, 11) is 0. The van der Waals surface area contributed by atoms with Crippen LogP contribution in [0, 0.1) is 0 Å². The number of phenols is 1. The number of rotatable bonds is 7. The number of aliphatic hydroxyl groups is 1. The van der Waals surface area contributed by atoms with Crippen molar-refractivity contribution in [2.75, 3.05) is 19.6 Å². The first-order valence-electron chi connectivity index (χ1n) is 7.57. The zero-order valence-corrected chi connectivity index (χ0v) is 13.1. The number of aromatic amines is 1. The molecule has 1 aromatic carbocycles. The third kappa shape index (κ3) is 5.00. The van der Waals surface area contributed by atoms with E-state index in [1.807, 2.05) is 6.92 Å². The Kier molecular flexibility index (Phi) is 5.99. The Hall–Kier alpha value is -2.54. The molecule has 0 aliphatic carbocycles. The molecule has 2 amide bonds. The maximum absolute atomic E-state index is 12.2. The Bertz CT molecular complexity index is 616. The molecule has 0 aliphatic heterocycles. The Labute approximate surface area is 135 Å². The van der Waals surface area contributed by atoms with E-state index in [9.17, 15) is 15.0 Å². The van der Waals surface area contributed by atoms with Crippen LogP contribution in [0.2, 0.25) is 0 Å². The van der Waals surface area contributed by atoms with E-state index in [1.54, 1.807) is 24.5 Å². The van der Waals surface area contributed by atoms with Crippen LogP contribution in [0.5, 0.6) is 5.75 Å². The highest BCUT2D eigenvalue weighted by Crippen LogP contribution is 2.19. The van der Waals surface area contributed by atoms with Crippen LogP contribution in [0.25, 0.3) is 0 Å². The Morgan fingerprint density at radius 1 is 1.48 bits per heavy atom. The summed E-state index contributed by atoms with van der Waals surface area (Å²) in [6, 6.07) is 6.19. The number of aromatic hydroxyl groups is 1. The molecule has 0 saturated heterocycles. The van der Waals surface area contributed by atoms with Crippen LogP contribution in [-0.4, -0.2) is 51.0 Å². The second-order valence-corrected chi connectivity index (χ2v) is 5.24. The predicted molar refractivity (Wildman–Crippen MR) is 86.0 cm³/mol. The van der Waals surface area contributed by atoms with Crippen molar-refractivity contribution in [3.8, 4) is 5.75 Å². The van der Waals surface area contributed by atoms with Gasteiger partial charge in [0.2, 0.25) is 0 Å². The number of benzene rings is 1. The van der Waals surface area contributed by atoms with Crippen LogP contribution in [0.4, 0.5) is 4.79 Å². The number of hydrogen-bond acceptors (Lipinski definition) is 4. The van der Waals surface area contributed by atoms with Crippen molar-refractivity contribution in [1.29, 1.82) is 0 Å². The number of H-pyrrole nitrogens is 1. The van der Waals surface area contributed by atoms with Crippen LogP contribution in [-0.2, 0) is 6.42 Å². The number of likely N-dealkylation sites (N-methyl/N-ethyl adjacent to an activating group) is 1. The number of hydrogen-bond donors (Lipinski definition) is 4. The molecular formula is C16H22N4O3. The van der Waals surface area contributed by atoms with Gasteiger partial charge in [-0.25, -0.2) is 4.79 Å². The first kappa shape index (κ1) is 16.8. The van der Waals surface area contributed by atoms with Gasteiger partial charge >= 0.3 is 6.03 Å². The van der Waals surface area contributed by atoms with Crippen molar-refractivity contribution >= 4 is 6.03 Å². The third-order valence-corrected chi connectivity index (χ3v) is 3.56. The SMILES string of the molecule is CCN(C[C@H](O)c1cccc(O)c1)C(=O)NCCc1cn[nH]c1. The van der Waals surface area contributed by atoms with E-state index in [-0.39, 0.29) is 18.3 Å². The summed E-state index contributed by atoms with van der Waals surface area (Å²) in [5.41, 5.74) is 1.60. The second kappa shape index (κ2) is 8.19. The summed E-state index contributed by atoms with van der Waals surface area (Å²) in [5, 5.41) is 29.1. The topological polar surface area (TPSA) is 101 Å². The fourth-order valence-corrected chi connectivity index (χ4v) is 2.24. The highest BCUT2D eigenvalue weighted by atomic mass is 16.3. The quantitative estimate of drug-likeness (QED) is 0.620. The molecule has 0 bridgehead atoms. The van der Waals surface area contributed by atoms with Crippen molar-refractivity contribution in [3.63, 3.8) is 0 Å². The number of aromatic nitrogens is 2. The lowest BCUT2D eigenvalue weighted by atomic mass is 10.1. The van der Waals surface area contributed by atoms with E-state index < -0.39 is 6.10 Å². The van der Waals surface area contributed by atoms with E-state index in [1.165, 1.54) is 17.0 Å². The van der Waals surface area contributed by atoms with Gasteiger partial charge in [-0.2, -0.15) is 5.10 Å².